The van der Waals surface area contributed by atoms with Crippen molar-refractivity contribution >= 4 is 17.6 Å². The van der Waals surface area contributed by atoms with Crippen molar-refractivity contribution < 1.29 is 19.1 Å². The zero-order valence-electron chi connectivity index (χ0n) is 12.0. The molecule has 5 nitrogen and oxygen atoms in total. The van der Waals surface area contributed by atoms with E-state index in [0.29, 0.717) is 30.9 Å². The van der Waals surface area contributed by atoms with Gasteiger partial charge in [0.2, 0.25) is 5.91 Å². The minimum atomic E-state index is -0.557. The number of anilines is 1. The van der Waals surface area contributed by atoms with E-state index in [2.05, 4.69) is 0 Å². The van der Waals surface area contributed by atoms with E-state index in [1.165, 1.54) is 4.90 Å². The van der Waals surface area contributed by atoms with Crippen LogP contribution in [0.4, 0.5) is 5.69 Å². The third-order valence-corrected chi connectivity index (χ3v) is 3.36. The van der Waals surface area contributed by atoms with Gasteiger partial charge in [-0.3, -0.25) is 9.69 Å². The molecular weight excluding hydrogens is 258 g/mol. The molecule has 1 fully saturated rings. The van der Waals surface area contributed by atoms with E-state index >= 15 is 0 Å². The largest absolute Gasteiger partial charge is 0.495 e. The molecule has 1 saturated heterocycles. The molecular formula is C15H19NO4. The predicted molar refractivity (Wildman–Crippen MR) is 74.9 cm³/mol. The molecule has 20 heavy (non-hydrogen) atoms. The van der Waals surface area contributed by atoms with Gasteiger partial charge in [0.05, 0.1) is 19.4 Å². The van der Waals surface area contributed by atoms with Gasteiger partial charge in [-0.1, -0.05) is 6.07 Å². The lowest BCUT2D eigenvalue weighted by atomic mass is 10.1. The molecule has 1 atom stereocenters. The zero-order chi connectivity index (χ0) is 14.7. The van der Waals surface area contributed by atoms with Crippen molar-refractivity contribution in [2.45, 2.75) is 32.7 Å². The highest BCUT2D eigenvalue weighted by atomic mass is 16.5. The van der Waals surface area contributed by atoms with Crippen LogP contribution in [-0.2, 0) is 14.3 Å². The highest BCUT2D eigenvalue weighted by Gasteiger charge is 2.39. The Morgan fingerprint density at radius 1 is 1.45 bits per heavy atom. The van der Waals surface area contributed by atoms with Gasteiger partial charge in [0.15, 0.2) is 0 Å². The standard InChI is InChI=1S/C15H19NO4/c1-4-20-15(18)11-6-8-14(17)16(11)12-9-10(2)5-7-13(12)19-3/h5,7,9,11H,4,6,8H2,1-3H3. The summed E-state index contributed by atoms with van der Waals surface area (Å²) >= 11 is 0. The van der Waals surface area contributed by atoms with Crippen molar-refractivity contribution in [1.82, 2.24) is 0 Å². The quantitative estimate of drug-likeness (QED) is 0.790. The van der Waals surface area contributed by atoms with Gasteiger partial charge in [-0.05, 0) is 38.0 Å². The molecule has 1 amide bonds. The summed E-state index contributed by atoms with van der Waals surface area (Å²) in [7, 11) is 1.55. The van der Waals surface area contributed by atoms with Crippen LogP contribution in [0.1, 0.15) is 25.3 Å². The topological polar surface area (TPSA) is 55.8 Å². The highest BCUT2D eigenvalue weighted by molar-refractivity contribution is 6.03. The van der Waals surface area contributed by atoms with Crippen LogP contribution >= 0.6 is 0 Å². The second-order valence-electron chi connectivity index (χ2n) is 4.75. The Kier molecular flexibility index (Phi) is 4.27. The second kappa shape index (κ2) is 5.94. The lowest BCUT2D eigenvalue weighted by molar-refractivity contribution is -0.144. The van der Waals surface area contributed by atoms with Crippen LogP contribution in [0.5, 0.6) is 5.75 Å². The number of carbonyl (C=O) groups is 2. The number of hydrogen-bond donors (Lipinski definition) is 0. The number of carbonyl (C=O) groups excluding carboxylic acids is 2. The number of methoxy groups -OCH3 is 1. The Hall–Kier alpha value is -2.04. The summed E-state index contributed by atoms with van der Waals surface area (Å²) < 4.78 is 10.4. The lowest BCUT2D eigenvalue weighted by Gasteiger charge is -2.25. The van der Waals surface area contributed by atoms with Gasteiger partial charge >= 0.3 is 5.97 Å². The first-order valence-corrected chi connectivity index (χ1v) is 6.71. The van der Waals surface area contributed by atoms with Gasteiger partial charge in [-0.2, -0.15) is 0 Å². The number of nitrogens with zero attached hydrogens (tertiary/aromatic N) is 1. The van der Waals surface area contributed by atoms with E-state index in [9.17, 15) is 9.59 Å². The van der Waals surface area contributed by atoms with Gasteiger partial charge in [0.1, 0.15) is 11.8 Å². The molecule has 1 unspecified atom stereocenters. The van der Waals surface area contributed by atoms with Crippen molar-refractivity contribution in [2.24, 2.45) is 0 Å². The van der Waals surface area contributed by atoms with Crippen molar-refractivity contribution in [1.29, 1.82) is 0 Å². The van der Waals surface area contributed by atoms with Crippen LogP contribution in [0.15, 0.2) is 18.2 Å². The molecule has 1 aromatic carbocycles. The van der Waals surface area contributed by atoms with E-state index in [4.69, 9.17) is 9.47 Å². The smallest absolute Gasteiger partial charge is 0.329 e. The number of rotatable bonds is 4. The van der Waals surface area contributed by atoms with E-state index in [0.717, 1.165) is 5.56 Å². The Balaban J connectivity index is 2.39. The molecule has 5 heteroatoms. The minimum Gasteiger partial charge on any atom is -0.495 e. The van der Waals surface area contributed by atoms with Crippen LogP contribution in [-0.4, -0.2) is 31.6 Å². The summed E-state index contributed by atoms with van der Waals surface area (Å²) in [6.07, 6.45) is 0.829. The molecule has 0 N–H and O–H groups in total. The average Bonchev–Trinajstić information content (AvgIpc) is 2.80. The van der Waals surface area contributed by atoms with Gasteiger partial charge in [-0.25, -0.2) is 4.79 Å². The first-order chi connectivity index (χ1) is 9.58. The Morgan fingerprint density at radius 3 is 2.85 bits per heavy atom. The van der Waals surface area contributed by atoms with Gasteiger partial charge in [0.25, 0.3) is 0 Å². The average molecular weight is 277 g/mol. The molecule has 2 rings (SSSR count). The summed E-state index contributed by atoms with van der Waals surface area (Å²) in [4.78, 5) is 25.6. The number of benzene rings is 1. The van der Waals surface area contributed by atoms with Crippen LogP contribution in [0.2, 0.25) is 0 Å². The summed E-state index contributed by atoms with van der Waals surface area (Å²) in [6.45, 7) is 4.00. The second-order valence-corrected chi connectivity index (χ2v) is 4.75. The SMILES string of the molecule is CCOC(=O)C1CCC(=O)N1c1cc(C)ccc1OC. The van der Waals surface area contributed by atoms with Crippen molar-refractivity contribution in [3.63, 3.8) is 0 Å². The monoisotopic (exact) mass is 277 g/mol. The van der Waals surface area contributed by atoms with Crippen LogP contribution in [0.3, 0.4) is 0 Å². The molecule has 0 bridgehead atoms. The zero-order valence-corrected chi connectivity index (χ0v) is 12.0. The van der Waals surface area contributed by atoms with Crippen LogP contribution in [0.25, 0.3) is 0 Å². The molecule has 0 saturated carbocycles. The number of ether oxygens (including phenoxy) is 2. The molecule has 0 aliphatic carbocycles. The fourth-order valence-corrected chi connectivity index (χ4v) is 2.44. The van der Waals surface area contributed by atoms with Crippen LogP contribution < -0.4 is 9.64 Å². The Bertz CT molecular complexity index is 527. The Morgan fingerprint density at radius 2 is 2.20 bits per heavy atom. The molecule has 1 aliphatic heterocycles. The van der Waals surface area contributed by atoms with Crippen LogP contribution in [0, 0.1) is 6.92 Å². The summed E-state index contributed by atoms with van der Waals surface area (Å²) in [6, 6.07) is 5.01. The fourth-order valence-electron chi connectivity index (χ4n) is 2.44. The van der Waals surface area contributed by atoms with E-state index in [1.807, 2.05) is 19.1 Å². The predicted octanol–water partition coefficient (Wildman–Crippen LogP) is 2.06. The first-order valence-electron chi connectivity index (χ1n) is 6.71. The van der Waals surface area contributed by atoms with E-state index in [-0.39, 0.29) is 11.9 Å². The molecule has 0 aromatic heterocycles. The first kappa shape index (κ1) is 14.4. The summed E-state index contributed by atoms with van der Waals surface area (Å²) in [5.41, 5.74) is 1.64. The summed E-state index contributed by atoms with van der Waals surface area (Å²) in [5, 5.41) is 0. The van der Waals surface area contributed by atoms with Crippen molar-refractivity contribution in [3.05, 3.63) is 23.8 Å². The molecule has 1 heterocycles. The van der Waals surface area contributed by atoms with Crippen molar-refractivity contribution in [3.8, 4) is 5.75 Å². The van der Waals surface area contributed by atoms with Crippen molar-refractivity contribution in [2.75, 3.05) is 18.6 Å². The molecule has 108 valence electrons. The lowest BCUT2D eigenvalue weighted by Crippen LogP contribution is -2.40. The van der Waals surface area contributed by atoms with Gasteiger partial charge < -0.3 is 9.47 Å². The Labute approximate surface area is 118 Å². The molecule has 0 radical (unpaired) electrons. The fraction of sp³-hybridized carbons (Fsp3) is 0.467. The minimum absolute atomic E-state index is 0.0769. The maximum absolute atomic E-state index is 12.1. The van der Waals surface area contributed by atoms with Gasteiger partial charge in [-0.15, -0.1) is 0 Å². The maximum Gasteiger partial charge on any atom is 0.329 e. The third-order valence-electron chi connectivity index (χ3n) is 3.36. The maximum atomic E-state index is 12.1. The number of hydrogen-bond acceptors (Lipinski definition) is 4. The third kappa shape index (κ3) is 2.61. The molecule has 1 aliphatic rings. The normalized spacial score (nSPS) is 18.2. The van der Waals surface area contributed by atoms with E-state index < -0.39 is 6.04 Å². The van der Waals surface area contributed by atoms with E-state index in [1.54, 1.807) is 20.1 Å². The number of amides is 1. The molecule has 1 aromatic rings. The molecule has 0 spiro atoms. The highest BCUT2D eigenvalue weighted by Crippen LogP contribution is 2.35. The number of esters is 1. The number of aryl methyl sites for hydroxylation is 1. The van der Waals surface area contributed by atoms with Gasteiger partial charge in [0, 0.05) is 6.42 Å². The summed E-state index contributed by atoms with van der Waals surface area (Å²) in [5.74, 6) is 0.147.